The Bertz CT molecular complexity index is 486. The molecule has 4 unspecified atom stereocenters. The molecule has 0 amide bonds. The molecule has 0 aromatic carbocycles. The molecule has 3 rings (SSSR count). The highest BCUT2D eigenvalue weighted by atomic mass is 19.4. The summed E-state index contributed by atoms with van der Waals surface area (Å²) in [7, 11) is 0. The van der Waals surface area contributed by atoms with Gasteiger partial charge in [-0.25, -0.2) is 0 Å². The lowest BCUT2D eigenvalue weighted by Gasteiger charge is -2.23. The van der Waals surface area contributed by atoms with Gasteiger partial charge in [0.1, 0.15) is 0 Å². The largest absolute Gasteiger partial charge is 0.418 e. The van der Waals surface area contributed by atoms with Crippen molar-refractivity contribution in [1.29, 1.82) is 0 Å². The molecule has 2 fully saturated rings. The molecular formula is C15H19F3N2. The average molecular weight is 284 g/mol. The molecule has 20 heavy (non-hydrogen) atoms. The summed E-state index contributed by atoms with van der Waals surface area (Å²) in [5.74, 6) is 2.37. The lowest BCUT2D eigenvalue weighted by Crippen LogP contribution is -2.36. The SMILES string of the molecule is CC1C2CNC(CCc3ncccc3C(F)(F)F)CC12. The summed E-state index contributed by atoms with van der Waals surface area (Å²) < 4.78 is 38.6. The maximum absolute atomic E-state index is 12.9. The van der Waals surface area contributed by atoms with Crippen molar-refractivity contribution in [2.75, 3.05) is 6.54 Å². The number of fused-ring (bicyclic) bond motifs is 1. The van der Waals surface area contributed by atoms with Crippen molar-refractivity contribution in [3.05, 3.63) is 29.6 Å². The first-order valence-electron chi connectivity index (χ1n) is 7.21. The van der Waals surface area contributed by atoms with E-state index in [0.717, 1.165) is 43.2 Å². The van der Waals surface area contributed by atoms with E-state index in [1.54, 1.807) is 0 Å². The van der Waals surface area contributed by atoms with E-state index < -0.39 is 11.7 Å². The van der Waals surface area contributed by atoms with Crippen LogP contribution in [0.2, 0.25) is 0 Å². The second-order valence-corrected chi connectivity index (χ2v) is 6.06. The minimum absolute atomic E-state index is 0.174. The Morgan fingerprint density at radius 3 is 2.85 bits per heavy atom. The van der Waals surface area contributed by atoms with Crippen molar-refractivity contribution in [3.63, 3.8) is 0 Å². The first kappa shape index (κ1) is 13.9. The molecule has 4 atom stereocenters. The number of aryl methyl sites for hydroxylation is 1. The first-order valence-corrected chi connectivity index (χ1v) is 7.21. The second kappa shape index (κ2) is 5.02. The summed E-state index contributed by atoms with van der Waals surface area (Å²) in [4.78, 5) is 3.93. The van der Waals surface area contributed by atoms with Crippen LogP contribution in [0.3, 0.4) is 0 Å². The van der Waals surface area contributed by atoms with Crippen molar-refractivity contribution in [2.45, 2.75) is 38.4 Å². The van der Waals surface area contributed by atoms with Gasteiger partial charge in [-0.05, 0) is 55.7 Å². The normalized spacial score (nSPS) is 32.8. The fraction of sp³-hybridized carbons (Fsp3) is 0.667. The Labute approximate surface area is 116 Å². The van der Waals surface area contributed by atoms with Crippen LogP contribution in [-0.4, -0.2) is 17.6 Å². The quantitative estimate of drug-likeness (QED) is 0.921. The number of hydrogen-bond donors (Lipinski definition) is 1. The number of nitrogens with zero attached hydrogens (tertiary/aromatic N) is 1. The smallest absolute Gasteiger partial charge is 0.314 e. The maximum Gasteiger partial charge on any atom is 0.418 e. The van der Waals surface area contributed by atoms with Crippen molar-refractivity contribution < 1.29 is 13.2 Å². The summed E-state index contributed by atoms with van der Waals surface area (Å²) in [6.07, 6.45) is -0.646. The Morgan fingerprint density at radius 1 is 1.35 bits per heavy atom. The van der Waals surface area contributed by atoms with Crippen molar-refractivity contribution in [1.82, 2.24) is 10.3 Å². The first-order chi connectivity index (χ1) is 9.47. The van der Waals surface area contributed by atoms with Gasteiger partial charge in [-0.3, -0.25) is 4.98 Å². The van der Waals surface area contributed by atoms with E-state index in [1.165, 1.54) is 12.3 Å². The predicted molar refractivity (Wildman–Crippen MR) is 70.1 cm³/mol. The van der Waals surface area contributed by atoms with E-state index in [2.05, 4.69) is 17.2 Å². The van der Waals surface area contributed by atoms with E-state index in [0.29, 0.717) is 12.5 Å². The second-order valence-electron chi connectivity index (χ2n) is 6.06. The van der Waals surface area contributed by atoms with Gasteiger partial charge in [0.25, 0.3) is 0 Å². The lowest BCUT2D eigenvalue weighted by atomic mass is 9.98. The van der Waals surface area contributed by atoms with Gasteiger partial charge in [0, 0.05) is 12.2 Å². The molecule has 1 aromatic heterocycles. The highest BCUT2D eigenvalue weighted by Crippen LogP contribution is 2.50. The topological polar surface area (TPSA) is 24.9 Å². The molecule has 1 aliphatic carbocycles. The molecule has 2 nitrogen and oxygen atoms in total. The van der Waals surface area contributed by atoms with Crippen molar-refractivity contribution in [3.8, 4) is 0 Å². The maximum atomic E-state index is 12.9. The zero-order valence-corrected chi connectivity index (χ0v) is 11.5. The van der Waals surface area contributed by atoms with Crippen LogP contribution in [-0.2, 0) is 12.6 Å². The summed E-state index contributed by atoms with van der Waals surface area (Å²) in [5, 5.41) is 3.46. The Morgan fingerprint density at radius 2 is 2.15 bits per heavy atom. The average Bonchev–Trinajstić information content (AvgIpc) is 3.06. The highest BCUT2D eigenvalue weighted by Gasteiger charge is 2.49. The number of aromatic nitrogens is 1. The van der Waals surface area contributed by atoms with Crippen LogP contribution < -0.4 is 5.32 Å². The van der Waals surface area contributed by atoms with Crippen LogP contribution in [0.25, 0.3) is 0 Å². The summed E-state index contributed by atoms with van der Waals surface area (Å²) in [6.45, 7) is 3.28. The van der Waals surface area contributed by atoms with Crippen LogP contribution in [0.5, 0.6) is 0 Å². The number of hydrogen-bond acceptors (Lipinski definition) is 2. The number of alkyl halides is 3. The standard InChI is InChI=1S/C15H19F3N2/c1-9-11-7-10(20-8-12(9)11)4-5-14-13(15(16,17)18)3-2-6-19-14/h2-3,6,9-12,20H,4-5,7-8H2,1H3. The van der Waals surface area contributed by atoms with Crippen LogP contribution in [0.4, 0.5) is 13.2 Å². The van der Waals surface area contributed by atoms with E-state index in [1.807, 2.05) is 0 Å². The molecule has 5 heteroatoms. The molecule has 0 bridgehead atoms. The van der Waals surface area contributed by atoms with Gasteiger partial charge < -0.3 is 5.32 Å². The molecule has 2 aliphatic rings. The highest BCUT2D eigenvalue weighted by molar-refractivity contribution is 5.23. The van der Waals surface area contributed by atoms with E-state index in [9.17, 15) is 13.2 Å². The Kier molecular flexibility index (Phi) is 3.48. The van der Waals surface area contributed by atoms with Crippen molar-refractivity contribution >= 4 is 0 Å². The van der Waals surface area contributed by atoms with Crippen molar-refractivity contribution in [2.24, 2.45) is 17.8 Å². The van der Waals surface area contributed by atoms with Crippen LogP contribution in [0, 0.1) is 17.8 Å². The Hall–Kier alpha value is -1.10. The number of rotatable bonds is 3. The van der Waals surface area contributed by atoms with E-state index in [-0.39, 0.29) is 5.69 Å². The fourth-order valence-corrected chi connectivity index (χ4v) is 3.50. The zero-order chi connectivity index (χ0) is 14.3. The molecule has 2 heterocycles. The number of pyridine rings is 1. The number of halogens is 3. The third kappa shape index (κ3) is 2.68. The molecular weight excluding hydrogens is 265 g/mol. The molecule has 1 saturated carbocycles. The molecule has 110 valence electrons. The van der Waals surface area contributed by atoms with Crippen LogP contribution >= 0.6 is 0 Å². The summed E-state index contributed by atoms with van der Waals surface area (Å²) in [5.41, 5.74) is -0.416. The minimum atomic E-state index is -4.31. The van der Waals surface area contributed by atoms with Gasteiger partial charge >= 0.3 is 6.18 Å². The summed E-state index contributed by atoms with van der Waals surface area (Å²) >= 11 is 0. The molecule has 1 aromatic rings. The molecule has 1 N–H and O–H groups in total. The van der Waals surface area contributed by atoms with Crippen LogP contribution in [0.15, 0.2) is 18.3 Å². The van der Waals surface area contributed by atoms with Gasteiger partial charge in [-0.1, -0.05) is 6.92 Å². The van der Waals surface area contributed by atoms with Gasteiger partial charge in [0.05, 0.1) is 11.3 Å². The summed E-state index contributed by atoms with van der Waals surface area (Å²) in [6, 6.07) is 2.81. The number of piperidine rings is 1. The monoisotopic (exact) mass is 284 g/mol. The van der Waals surface area contributed by atoms with Gasteiger partial charge in [-0.2, -0.15) is 13.2 Å². The molecule has 0 spiro atoms. The molecule has 0 radical (unpaired) electrons. The zero-order valence-electron chi connectivity index (χ0n) is 11.5. The lowest BCUT2D eigenvalue weighted by molar-refractivity contribution is -0.138. The number of nitrogens with one attached hydrogen (secondary N) is 1. The predicted octanol–water partition coefficient (Wildman–Crippen LogP) is 3.28. The fourth-order valence-electron chi connectivity index (χ4n) is 3.50. The minimum Gasteiger partial charge on any atom is -0.314 e. The third-order valence-corrected chi connectivity index (χ3v) is 4.88. The van der Waals surface area contributed by atoms with Gasteiger partial charge in [0.2, 0.25) is 0 Å². The van der Waals surface area contributed by atoms with Crippen LogP contribution in [0.1, 0.15) is 31.0 Å². The van der Waals surface area contributed by atoms with E-state index in [4.69, 9.17) is 0 Å². The Balaban J connectivity index is 1.61. The van der Waals surface area contributed by atoms with Gasteiger partial charge in [-0.15, -0.1) is 0 Å². The van der Waals surface area contributed by atoms with Gasteiger partial charge in [0.15, 0.2) is 0 Å². The van der Waals surface area contributed by atoms with E-state index >= 15 is 0 Å². The molecule has 1 saturated heterocycles. The third-order valence-electron chi connectivity index (χ3n) is 4.88. The molecule has 1 aliphatic heterocycles.